The first-order valence-electron chi connectivity index (χ1n) is 7.04. The van der Waals surface area contributed by atoms with Crippen LogP contribution >= 0.6 is 0 Å². The topological polar surface area (TPSA) is 35.5 Å². The highest BCUT2D eigenvalue weighted by Crippen LogP contribution is 2.42. The minimum absolute atomic E-state index is 0.0741. The van der Waals surface area contributed by atoms with Crippen molar-refractivity contribution in [1.82, 2.24) is 0 Å². The monoisotopic (exact) mass is 282 g/mol. The van der Waals surface area contributed by atoms with Crippen molar-refractivity contribution in [3.8, 4) is 11.5 Å². The molecular weight excluding hydrogens is 264 g/mol. The molecule has 108 valence electrons. The van der Waals surface area contributed by atoms with E-state index in [0.29, 0.717) is 23.5 Å². The van der Waals surface area contributed by atoms with Crippen LogP contribution in [0.25, 0.3) is 0 Å². The minimum atomic E-state index is -0.226. The maximum Gasteiger partial charge on any atom is 0.174 e. The minimum Gasteiger partial charge on any atom is -0.496 e. The van der Waals surface area contributed by atoms with Crippen molar-refractivity contribution >= 4 is 5.78 Å². The lowest BCUT2D eigenvalue weighted by molar-refractivity contribution is 0.0843. The van der Waals surface area contributed by atoms with Gasteiger partial charge in [-0.25, -0.2) is 0 Å². The fraction of sp³-hybridized carbons (Fsp3) is 0.278. The number of Topliss-reactive ketones (excluding diaryl/α,β-unsaturated/α-hetero) is 1. The number of methoxy groups -OCH3 is 1. The number of ether oxygens (including phenoxy) is 2. The van der Waals surface area contributed by atoms with Crippen molar-refractivity contribution in [1.29, 1.82) is 0 Å². The van der Waals surface area contributed by atoms with Gasteiger partial charge in [0, 0.05) is 0 Å². The molecule has 0 N–H and O–H groups in total. The van der Waals surface area contributed by atoms with Crippen LogP contribution in [-0.2, 0) is 0 Å². The first-order valence-corrected chi connectivity index (χ1v) is 7.04. The predicted molar refractivity (Wildman–Crippen MR) is 81.2 cm³/mol. The third kappa shape index (κ3) is 2.29. The number of benzene rings is 2. The van der Waals surface area contributed by atoms with E-state index in [9.17, 15) is 4.79 Å². The molecule has 0 fully saturated rings. The second kappa shape index (κ2) is 5.24. The molecule has 3 nitrogen and oxygen atoms in total. The molecule has 0 aromatic heterocycles. The van der Waals surface area contributed by atoms with Gasteiger partial charge < -0.3 is 9.47 Å². The third-order valence-corrected chi connectivity index (χ3v) is 4.05. The number of aryl methyl sites for hydroxylation is 1. The molecular formula is C18H18O3. The van der Waals surface area contributed by atoms with E-state index in [1.807, 2.05) is 50.2 Å². The largest absolute Gasteiger partial charge is 0.496 e. The highest BCUT2D eigenvalue weighted by Gasteiger charge is 2.32. The Bertz CT molecular complexity index is 689. The maximum absolute atomic E-state index is 12.6. The summed E-state index contributed by atoms with van der Waals surface area (Å²) in [4.78, 5) is 12.6. The van der Waals surface area contributed by atoms with Gasteiger partial charge in [-0.3, -0.25) is 4.79 Å². The molecule has 21 heavy (non-hydrogen) atoms. The van der Waals surface area contributed by atoms with Gasteiger partial charge in [0.05, 0.1) is 13.5 Å². The van der Waals surface area contributed by atoms with E-state index in [2.05, 4.69) is 0 Å². The van der Waals surface area contributed by atoms with Crippen LogP contribution < -0.4 is 9.47 Å². The van der Waals surface area contributed by atoms with Gasteiger partial charge in [0.15, 0.2) is 5.78 Å². The van der Waals surface area contributed by atoms with E-state index >= 15 is 0 Å². The first-order chi connectivity index (χ1) is 10.1. The molecule has 0 radical (unpaired) electrons. The van der Waals surface area contributed by atoms with Crippen molar-refractivity contribution in [3.63, 3.8) is 0 Å². The first kappa shape index (κ1) is 13.7. The lowest BCUT2D eigenvalue weighted by Gasteiger charge is -2.28. The highest BCUT2D eigenvalue weighted by molar-refractivity contribution is 6.03. The Balaban J connectivity index is 2.10. The standard InChI is InChI=1S/C18H18O3/c1-11-9-16(20-3)17-14(19)10-15(21-18(17)12(11)2)13-7-5-4-6-8-13/h4-9,15H,10H2,1-3H3/t15-/m0/s1. The fourth-order valence-electron chi connectivity index (χ4n) is 2.74. The molecule has 0 unspecified atom stereocenters. The van der Waals surface area contributed by atoms with Gasteiger partial charge >= 0.3 is 0 Å². The molecule has 3 heteroatoms. The summed E-state index contributed by atoms with van der Waals surface area (Å²) in [7, 11) is 1.58. The van der Waals surface area contributed by atoms with E-state index in [0.717, 1.165) is 16.7 Å². The van der Waals surface area contributed by atoms with E-state index in [1.54, 1.807) is 7.11 Å². The summed E-state index contributed by atoms with van der Waals surface area (Å²) in [5.74, 6) is 1.34. The Labute approximate surface area is 124 Å². The highest BCUT2D eigenvalue weighted by atomic mass is 16.5. The molecule has 2 aromatic carbocycles. The van der Waals surface area contributed by atoms with Crippen molar-refractivity contribution in [2.75, 3.05) is 7.11 Å². The Hall–Kier alpha value is -2.29. The molecule has 0 bridgehead atoms. The number of fused-ring (bicyclic) bond motifs is 1. The smallest absolute Gasteiger partial charge is 0.174 e. The molecule has 0 aliphatic carbocycles. The third-order valence-electron chi connectivity index (χ3n) is 4.05. The van der Waals surface area contributed by atoms with Crippen LogP contribution in [0.1, 0.15) is 39.6 Å². The van der Waals surface area contributed by atoms with E-state index in [4.69, 9.17) is 9.47 Å². The molecule has 1 aliphatic rings. The van der Waals surface area contributed by atoms with Gasteiger partial charge in [-0.2, -0.15) is 0 Å². The molecule has 2 aromatic rings. The average molecular weight is 282 g/mol. The summed E-state index contributed by atoms with van der Waals surface area (Å²) in [6.07, 6.45) is 0.118. The van der Waals surface area contributed by atoms with Crippen LogP contribution in [0.2, 0.25) is 0 Å². The molecule has 1 heterocycles. The Morgan fingerprint density at radius 2 is 1.90 bits per heavy atom. The number of carbonyl (C=O) groups excluding carboxylic acids is 1. The second-order valence-corrected chi connectivity index (χ2v) is 5.37. The lowest BCUT2D eigenvalue weighted by Crippen LogP contribution is -2.22. The molecule has 1 atom stereocenters. The number of hydrogen-bond donors (Lipinski definition) is 0. The van der Waals surface area contributed by atoms with Gasteiger partial charge in [-0.05, 0) is 36.6 Å². The molecule has 0 saturated carbocycles. The second-order valence-electron chi connectivity index (χ2n) is 5.37. The van der Waals surface area contributed by atoms with Crippen molar-refractivity contribution in [3.05, 3.63) is 58.7 Å². The zero-order valence-electron chi connectivity index (χ0n) is 12.5. The Morgan fingerprint density at radius 3 is 2.57 bits per heavy atom. The van der Waals surface area contributed by atoms with Crippen molar-refractivity contribution in [2.45, 2.75) is 26.4 Å². The lowest BCUT2D eigenvalue weighted by atomic mass is 9.92. The number of rotatable bonds is 2. The summed E-state index contributed by atoms with van der Waals surface area (Å²) in [5, 5.41) is 0. The van der Waals surface area contributed by atoms with Crippen LogP contribution in [0.3, 0.4) is 0 Å². The van der Waals surface area contributed by atoms with Crippen LogP contribution in [0.4, 0.5) is 0 Å². The summed E-state index contributed by atoms with van der Waals surface area (Å²) >= 11 is 0. The van der Waals surface area contributed by atoms with Crippen molar-refractivity contribution in [2.24, 2.45) is 0 Å². The van der Waals surface area contributed by atoms with Crippen molar-refractivity contribution < 1.29 is 14.3 Å². The van der Waals surface area contributed by atoms with Crippen LogP contribution in [-0.4, -0.2) is 12.9 Å². The predicted octanol–water partition coefficient (Wildman–Crippen LogP) is 4.02. The van der Waals surface area contributed by atoms with Crippen LogP contribution in [0.15, 0.2) is 36.4 Å². The summed E-state index contributed by atoms with van der Waals surface area (Å²) in [6.45, 7) is 3.98. The number of carbonyl (C=O) groups is 1. The van der Waals surface area contributed by atoms with Gasteiger partial charge in [0.2, 0.25) is 0 Å². The van der Waals surface area contributed by atoms with Gasteiger partial charge in [0.25, 0.3) is 0 Å². The quantitative estimate of drug-likeness (QED) is 0.834. The van der Waals surface area contributed by atoms with Gasteiger partial charge in [0.1, 0.15) is 23.2 Å². The normalized spacial score (nSPS) is 17.1. The Morgan fingerprint density at radius 1 is 1.19 bits per heavy atom. The Kier molecular flexibility index (Phi) is 3.42. The molecule has 0 saturated heterocycles. The van der Waals surface area contributed by atoms with Gasteiger partial charge in [-0.1, -0.05) is 30.3 Å². The van der Waals surface area contributed by atoms with E-state index in [1.165, 1.54) is 0 Å². The van der Waals surface area contributed by atoms with E-state index < -0.39 is 0 Å². The number of ketones is 1. The number of hydrogen-bond acceptors (Lipinski definition) is 3. The van der Waals surface area contributed by atoms with Crippen LogP contribution in [0.5, 0.6) is 11.5 Å². The summed E-state index contributed by atoms with van der Waals surface area (Å²) < 4.78 is 11.5. The zero-order valence-corrected chi connectivity index (χ0v) is 12.5. The molecule has 3 rings (SSSR count). The van der Waals surface area contributed by atoms with E-state index in [-0.39, 0.29) is 11.9 Å². The zero-order chi connectivity index (χ0) is 15.0. The summed E-state index contributed by atoms with van der Waals surface area (Å²) in [5.41, 5.74) is 3.66. The maximum atomic E-state index is 12.6. The van der Waals surface area contributed by atoms with Crippen LogP contribution in [0, 0.1) is 13.8 Å². The molecule has 0 spiro atoms. The molecule has 0 amide bonds. The molecule has 1 aliphatic heterocycles. The van der Waals surface area contributed by atoms with Gasteiger partial charge in [-0.15, -0.1) is 0 Å². The summed E-state index contributed by atoms with van der Waals surface area (Å²) in [6, 6.07) is 11.8. The fourth-order valence-corrected chi connectivity index (χ4v) is 2.74. The SMILES string of the molecule is COc1cc(C)c(C)c2c1C(=O)C[C@@H](c1ccccc1)O2. The average Bonchev–Trinajstić information content (AvgIpc) is 2.51.